The van der Waals surface area contributed by atoms with Crippen LogP contribution in [0.15, 0.2) is 34.9 Å². The Bertz CT molecular complexity index is 715. The maximum atomic E-state index is 12.3. The van der Waals surface area contributed by atoms with Crippen LogP contribution in [0.3, 0.4) is 0 Å². The number of nitriles is 2. The summed E-state index contributed by atoms with van der Waals surface area (Å²) in [6, 6.07) is 11.5. The highest BCUT2D eigenvalue weighted by Crippen LogP contribution is 2.42. The van der Waals surface area contributed by atoms with Gasteiger partial charge in [-0.05, 0) is 18.7 Å². The van der Waals surface area contributed by atoms with E-state index in [0.717, 1.165) is 5.75 Å². The fourth-order valence-electron chi connectivity index (χ4n) is 2.59. The van der Waals surface area contributed by atoms with E-state index in [0.29, 0.717) is 28.5 Å². The fourth-order valence-corrected chi connectivity index (χ4v) is 3.38. The second-order valence-corrected chi connectivity index (χ2v) is 6.11. The van der Waals surface area contributed by atoms with E-state index in [9.17, 15) is 15.3 Å². The van der Waals surface area contributed by atoms with Crippen molar-refractivity contribution in [3.8, 4) is 17.9 Å². The van der Waals surface area contributed by atoms with E-state index in [1.807, 2.05) is 38.1 Å². The lowest BCUT2D eigenvalue weighted by Crippen LogP contribution is -2.39. The molecule has 6 heteroatoms. The SMILES string of the molecule is CCOc1ccccc1[C@H]1C(C#N)=C(SCC)NC(=O)[C@@H]1C#N. The van der Waals surface area contributed by atoms with Crippen LogP contribution in [0.25, 0.3) is 0 Å². The number of rotatable bonds is 5. The van der Waals surface area contributed by atoms with Crippen molar-refractivity contribution in [1.29, 1.82) is 10.5 Å². The summed E-state index contributed by atoms with van der Waals surface area (Å²) >= 11 is 1.39. The molecular formula is C17H17N3O2S. The molecular weight excluding hydrogens is 310 g/mol. The molecule has 0 aromatic heterocycles. The molecule has 2 atom stereocenters. The fraction of sp³-hybridized carbons (Fsp3) is 0.353. The molecule has 0 radical (unpaired) electrons. The molecule has 0 aliphatic carbocycles. The molecule has 5 nitrogen and oxygen atoms in total. The van der Waals surface area contributed by atoms with Gasteiger partial charge in [0.1, 0.15) is 11.7 Å². The molecule has 1 aliphatic heterocycles. The van der Waals surface area contributed by atoms with Gasteiger partial charge in [0, 0.05) is 5.56 Å². The molecule has 1 amide bonds. The molecule has 0 saturated carbocycles. The zero-order chi connectivity index (χ0) is 16.8. The highest BCUT2D eigenvalue weighted by atomic mass is 32.2. The Labute approximate surface area is 139 Å². The van der Waals surface area contributed by atoms with Crippen molar-refractivity contribution in [2.45, 2.75) is 19.8 Å². The molecule has 118 valence electrons. The maximum absolute atomic E-state index is 12.3. The van der Waals surface area contributed by atoms with Crippen LogP contribution in [0.1, 0.15) is 25.3 Å². The molecule has 1 aromatic rings. The predicted molar refractivity (Wildman–Crippen MR) is 88.4 cm³/mol. The van der Waals surface area contributed by atoms with Crippen molar-refractivity contribution >= 4 is 17.7 Å². The molecule has 0 spiro atoms. The normalized spacial score (nSPS) is 20.4. The number of carbonyl (C=O) groups is 1. The van der Waals surface area contributed by atoms with Gasteiger partial charge in [-0.15, -0.1) is 11.8 Å². The minimum atomic E-state index is -0.951. The Hall–Kier alpha value is -2.44. The molecule has 0 unspecified atom stereocenters. The van der Waals surface area contributed by atoms with Crippen molar-refractivity contribution in [1.82, 2.24) is 5.32 Å². The summed E-state index contributed by atoms with van der Waals surface area (Å²) in [7, 11) is 0. The molecule has 2 rings (SSSR count). The van der Waals surface area contributed by atoms with Gasteiger partial charge in [0.05, 0.1) is 35.3 Å². The molecule has 0 fully saturated rings. The van der Waals surface area contributed by atoms with Crippen LogP contribution < -0.4 is 10.1 Å². The molecule has 1 heterocycles. The minimum Gasteiger partial charge on any atom is -0.494 e. The van der Waals surface area contributed by atoms with E-state index in [2.05, 4.69) is 11.4 Å². The average Bonchev–Trinajstić information content (AvgIpc) is 2.55. The van der Waals surface area contributed by atoms with Gasteiger partial charge in [0.15, 0.2) is 0 Å². The number of allylic oxidation sites excluding steroid dienone is 1. The van der Waals surface area contributed by atoms with Gasteiger partial charge in [0.25, 0.3) is 0 Å². The number of benzene rings is 1. The summed E-state index contributed by atoms with van der Waals surface area (Å²) in [5.41, 5.74) is 1.11. The van der Waals surface area contributed by atoms with Crippen LogP contribution in [0.2, 0.25) is 0 Å². The summed E-state index contributed by atoms with van der Waals surface area (Å²) in [6.45, 7) is 4.28. The Morgan fingerprint density at radius 1 is 1.30 bits per heavy atom. The molecule has 0 saturated heterocycles. The topological polar surface area (TPSA) is 85.9 Å². The van der Waals surface area contributed by atoms with Crippen LogP contribution in [-0.4, -0.2) is 18.3 Å². The van der Waals surface area contributed by atoms with Crippen molar-refractivity contribution in [2.75, 3.05) is 12.4 Å². The van der Waals surface area contributed by atoms with Gasteiger partial charge in [-0.1, -0.05) is 25.1 Å². The number of hydrogen-bond donors (Lipinski definition) is 1. The van der Waals surface area contributed by atoms with Gasteiger partial charge in [-0.2, -0.15) is 10.5 Å². The quantitative estimate of drug-likeness (QED) is 0.898. The number of para-hydroxylation sites is 1. The Morgan fingerprint density at radius 2 is 2.04 bits per heavy atom. The monoisotopic (exact) mass is 327 g/mol. The number of thioether (sulfide) groups is 1. The zero-order valence-corrected chi connectivity index (χ0v) is 13.8. The summed E-state index contributed by atoms with van der Waals surface area (Å²) in [5, 5.41) is 22.3. The summed E-state index contributed by atoms with van der Waals surface area (Å²) < 4.78 is 5.63. The number of hydrogen-bond acceptors (Lipinski definition) is 5. The lowest BCUT2D eigenvalue weighted by Gasteiger charge is -2.29. The highest BCUT2D eigenvalue weighted by molar-refractivity contribution is 8.03. The third-order valence-corrected chi connectivity index (χ3v) is 4.41. The highest BCUT2D eigenvalue weighted by Gasteiger charge is 2.40. The third-order valence-electron chi connectivity index (χ3n) is 3.51. The molecule has 1 aromatic carbocycles. The average molecular weight is 327 g/mol. The maximum Gasteiger partial charge on any atom is 0.243 e. The summed E-state index contributed by atoms with van der Waals surface area (Å²) in [5.74, 6) is -0.622. The van der Waals surface area contributed by atoms with E-state index in [4.69, 9.17) is 4.74 Å². The van der Waals surface area contributed by atoms with Crippen LogP contribution in [0, 0.1) is 28.6 Å². The van der Waals surface area contributed by atoms with Crippen molar-refractivity contribution in [3.05, 3.63) is 40.4 Å². The summed E-state index contributed by atoms with van der Waals surface area (Å²) in [6.07, 6.45) is 0. The van der Waals surface area contributed by atoms with E-state index >= 15 is 0 Å². The number of nitrogens with zero attached hydrogens (tertiary/aromatic N) is 2. The van der Waals surface area contributed by atoms with Gasteiger partial charge in [-0.3, -0.25) is 4.79 Å². The van der Waals surface area contributed by atoms with Crippen LogP contribution in [0.4, 0.5) is 0 Å². The van der Waals surface area contributed by atoms with Crippen molar-refractivity contribution in [3.63, 3.8) is 0 Å². The molecule has 1 N–H and O–H groups in total. The summed E-state index contributed by atoms with van der Waals surface area (Å²) in [4.78, 5) is 12.3. The zero-order valence-electron chi connectivity index (χ0n) is 13.0. The first-order valence-electron chi connectivity index (χ1n) is 7.37. The first-order valence-corrected chi connectivity index (χ1v) is 8.35. The second kappa shape index (κ2) is 7.71. The molecule has 0 bridgehead atoms. The third kappa shape index (κ3) is 3.33. The van der Waals surface area contributed by atoms with E-state index in [-0.39, 0.29) is 5.91 Å². The standard InChI is InChI=1S/C17H17N3O2S/c1-3-22-14-8-6-5-7-11(14)15-12(9-18)16(21)20-17(23-4-2)13(15)10-19/h5-8,12,15H,3-4H2,1-2H3,(H,20,21)/t12-,15-/m1/s1. The Morgan fingerprint density at radius 3 is 2.65 bits per heavy atom. The van der Waals surface area contributed by atoms with Crippen LogP contribution in [0.5, 0.6) is 5.75 Å². The van der Waals surface area contributed by atoms with E-state index in [1.165, 1.54) is 11.8 Å². The van der Waals surface area contributed by atoms with Gasteiger partial charge >= 0.3 is 0 Å². The van der Waals surface area contributed by atoms with Gasteiger partial charge in [-0.25, -0.2) is 0 Å². The van der Waals surface area contributed by atoms with Crippen molar-refractivity contribution in [2.24, 2.45) is 5.92 Å². The second-order valence-electron chi connectivity index (χ2n) is 4.83. The number of carbonyl (C=O) groups excluding carboxylic acids is 1. The van der Waals surface area contributed by atoms with Gasteiger partial charge in [0.2, 0.25) is 5.91 Å². The minimum absolute atomic E-state index is 0.376. The number of nitrogens with one attached hydrogen (secondary N) is 1. The molecule has 23 heavy (non-hydrogen) atoms. The van der Waals surface area contributed by atoms with Crippen LogP contribution in [-0.2, 0) is 4.79 Å². The van der Waals surface area contributed by atoms with E-state index < -0.39 is 11.8 Å². The first kappa shape index (κ1) is 16.9. The predicted octanol–water partition coefficient (Wildman–Crippen LogP) is 2.93. The van der Waals surface area contributed by atoms with Crippen molar-refractivity contribution < 1.29 is 9.53 Å². The van der Waals surface area contributed by atoms with Gasteiger partial charge < -0.3 is 10.1 Å². The lowest BCUT2D eigenvalue weighted by molar-refractivity contribution is -0.123. The lowest BCUT2D eigenvalue weighted by atomic mass is 9.79. The molecule has 1 aliphatic rings. The number of ether oxygens (including phenoxy) is 1. The Balaban J connectivity index is 2.63. The van der Waals surface area contributed by atoms with E-state index in [1.54, 1.807) is 6.07 Å². The number of amides is 1. The Kier molecular flexibility index (Phi) is 5.67. The van der Waals surface area contributed by atoms with Crippen LogP contribution >= 0.6 is 11.8 Å². The largest absolute Gasteiger partial charge is 0.494 e. The smallest absolute Gasteiger partial charge is 0.243 e. The first-order chi connectivity index (χ1) is 11.2.